The molecule has 0 aliphatic heterocycles. The SMILES string of the molecule is Cc1ccc(CN(Cc2ccncc2)Cc2cc(C)cc(C)c2-n2cccn2)cc1. The average molecular weight is 397 g/mol. The maximum absolute atomic E-state index is 4.51. The van der Waals surface area contributed by atoms with Crippen LogP contribution in [0.25, 0.3) is 5.69 Å². The molecule has 0 aliphatic carbocycles. The largest absolute Gasteiger partial charge is 0.290 e. The fourth-order valence-electron chi connectivity index (χ4n) is 4.00. The number of rotatable bonds is 7. The predicted octanol–water partition coefficient (Wildman–Crippen LogP) is 5.39. The Kier molecular flexibility index (Phi) is 6.05. The Morgan fingerprint density at radius 1 is 0.767 bits per heavy atom. The minimum absolute atomic E-state index is 0.841. The second-order valence-corrected chi connectivity index (χ2v) is 8.03. The van der Waals surface area contributed by atoms with Crippen molar-refractivity contribution in [2.24, 2.45) is 0 Å². The van der Waals surface area contributed by atoms with E-state index in [9.17, 15) is 0 Å². The number of pyridine rings is 1. The van der Waals surface area contributed by atoms with E-state index in [-0.39, 0.29) is 0 Å². The number of nitrogens with zero attached hydrogens (tertiary/aromatic N) is 4. The summed E-state index contributed by atoms with van der Waals surface area (Å²) in [6, 6.07) is 19.5. The Morgan fingerprint density at radius 3 is 2.13 bits per heavy atom. The third kappa shape index (κ3) is 4.84. The maximum atomic E-state index is 4.51. The van der Waals surface area contributed by atoms with E-state index in [1.807, 2.05) is 35.5 Å². The van der Waals surface area contributed by atoms with Crippen LogP contribution in [0.3, 0.4) is 0 Å². The molecule has 0 fully saturated rings. The van der Waals surface area contributed by atoms with Gasteiger partial charge in [0.25, 0.3) is 0 Å². The summed E-state index contributed by atoms with van der Waals surface area (Å²) in [5.41, 5.74) is 8.86. The van der Waals surface area contributed by atoms with Gasteiger partial charge in [0.15, 0.2) is 0 Å². The zero-order valence-corrected chi connectivity index (χ0v) is 17.9. The van der Waals surface area contributed by atoms with Crippen LogP contribution in [0.4, 0.5) is 0 Å². The lowest BCUT2D eigenvalue weighted by atomic mass is 10.0. The molecule has 0 radical (unpaired) electrons. The summed E-state index contributed by atoms with van der Waals surface area (Å²) in [4.78, 5) is 6.66. The molecule has 0 amide bonds. The zero-order chi connectivity index (χ0) is 20.9. The maximum Gasteiger partial charge on any atom is 0.0719 e. The summed E-state index contributed by atoms with van der Waals surface area (Å²) in [6.45, 7) is 9.05. The van der Waals surface area contributed by atoms with E-state index in [4.69, 9.17) is 0 Å². The lowest BCUT2D eigenvalue weighted by molar-refractivity contribution is 0.247. The summed E-state index contributed by atoms with van der Waals surface area (Å²) in [7, 11) is 0. The minimum Gasteiger partial charge on any atom is -0.290 e. The monoisotopic (exact) mass is 396 g/mol. The fraction of sp³-hybridized carbons (Fsp3) is 0.231. The van der Waals surface area contributed by atoms with Crippen molar-refractivity contribution >= 4 is 0 Å². The lowest BCUT2D eigenvalue weighted by Gasteiger charge is -2.25. The second kappa shape index (κ2) is 9.06. The van der Waals surface area contributed by atoms with Gasteiger partial charge >= 0.3 is 0 Å². The molecule has 4 rings (SSSR count). The molecule has 4 nitrogen and oxygen atoms in total. The van der Waals surface area contributed by atoms with Gasteiger partial charge in [0.05, 0.1) is 5.69 Å². The third-order valence-corrected chi connectivity index (χ3v) is 5.33. The van der Waals surface area contributed by atoms with Crippen LogP contribution in [-0.2, 0) is 19.6 Å². The normalized spacial score (nSPS) is 11.2. The van der Waals surface area contributed by atoms with Crippen LogP contribution in [0, 0.1) is 20.8 Å². The Labute approximate surface area is 178 Å². The molecule has 2 heterocycles. The topological polar surface area (TPSA) is 34.0 Å². The van der Waals surface area contributed by atoms with Gasteiger partial charge in [-0.25, -0.2) is 4.68 Å². The summed E-state index contributed by atoms with van der Waals surface area (Å²) in [5.74, 6) is 0. The second-order valence-electron chi connectivity index (χ2n) is 8.03. The summed E-state index contributed by atoms with van der Waals surface area (Å²) >= 11 is 0. The molecule has 2 aromatic heterocycles. The molecule has 0 bridgehead atoms. The Morgan fingerprint density at radius 2 is 1.47 bits per heavy atom. The standard InChI is InChI=1S/C26H28N4/c1-20-5-7-23(8-6-20)17-29(18-24-9-12-27-13-10-24)19-25-16-21(2)15-22(3)26(25)30-14-4-11-28-30/h4-16H,17-19H2,1-3H3. The van der Waals surface area contributed by atoms with Crippen LogP contribution in [0.5, 0.6) is 0 Å². The van der Waals surface area contributed by atoms with Crippen LogP contribution in [-0.4, -0.2) is 19.7 Å². The van der Waals surface area contributed by atoms with Crippen LogP contribution in [0.1, 0.15) is 33.4 Å². The number of aromatic nitrogens is 3. The van der Waals surface area contributed by atoms with Crippen molar-refractivity contribution in [3.63, 3.8) is 0 Å². The van der Waals surface area contributed by atoms with Gasteiger partial charge in [-0.2, -0.15) is 5.10 Å². The van der Waals surface area contributed by atoms with Crippen molar-refractivity contribution < 1.29 is 0 Å². The van der Waals surface area contributed by atoms with Crippen molar-refractivity contribution in [1.29, 1.82) is 0 Å². The van der Waals surface area contributed by atoms with E-state index in [1.165, 1.54) is 39.1 Å². The molecule has 152 valence electrons. The number of aryl methyl sites for hydroxylation is 3. The van der Waals surface area contributed by atoms with E-state index in [0.29, 0.717) is 0 Å². The highest BCUT2D eigenvalue weighted by molar-refractivity contribution is 5.49. The first-order chi connectivity index (χ1) is 14.6. The van der Waals surface area contributed by atoms with Gasteiger partial charge in [-0.05, 0) is 61.2 Å². The molecule has 30 heavy (non-hydrogen) atoms. The van der Waals surface area contributed by atoms with Gasteiger partial charge < -0.3 is 0 Å². The molecule has 4 aromatic rings. The number of hydrogen-bond acceptors (Lipinski definition) is 3. The Hall–Kier alpha value is -3.24. The molecular weight excluding hydrogens is 368 g/mol. The first-order valence-electron chi connectivity index (χ1n) is 10.4. The van der Waals surface area contributed by atoms with Gasteiger partial charge in [0, 0.05) is 44.4 Å². The van der Waals surface area contributed by atoms with Gasteiger partial charge in [-0.3, -0.25) is 9.88 Å². The molecule has 0 atom stereocenters. The van der Waals surface area contributed by atoms with E-state index in [2.05, 4.69) is 84.3 Å². The highest BCUT2D eigenvalue weighted by Crippen LogP contribution is 2.24. The molecule has 0 N–H and O–H groups in total. The number of benzene rings is 2. The van der Waals surface area contributed by atoms with Crippen LogP contribution < -0.4 is 0 Å². The Bertz CT molecular complexity index is 1080. The minimum atomic E-state index is 0.841. The number of hydrogen-bond donors (Lipinski definition) is 0. The van der Waals surface area contributed by atoms with Crippen LogP contribution in [0.15, 0.2) is 79.4 Å². The van der Waals surface area contributed by atoms with E-state index in [0.717, 1.165) is 19.6 Å². The quantitative estimate of drug-likeness (QED) is 0.420. The highest BCUT2D eigenvalue weighted by atomic mass is 15.3. The van der Waals surface area contributed by atoms with Crippen LogP contribution in [0.2, 0.25) is 0 Å². The van der Waals surface area contributed by atoms with Crippen molar-refractivity contribution in [3.8, 4) is 5.69 Å². The van der Waals surface area contributed by atoms with Gasteiger partial charge in [0.1, 0.15) is 0 Å². The fourth-order valence-corrected chi connectivity index (χ4v) is 4.00. The van der Waals surface area contributed by atoms with Crippen molar-refractivity contribution in [2.45, 2.75) is 40.4 Å². The summed E-state index contributed by atoms with van der Waals surface area (Å²) in [6.07, 6.45) is 7.59. The Balaban J connectivity index is 1.68. The van der Waals surface area contributed by atoms with Gasteiger partial charge in [0.2, 0.25) is 0 Å². The molecule has 4 heteroatoms. The molecule has 0 aliphatic rings. The molecule has 0 spiro atoms. The average Bonchev–Trinajstić information content (AvgIpc) is 3.24. The van der Waals surface area contributed by atoms with Gasteiger partial charge in [-0.15, -0.1) is 0 Å². The molecule has 2 aromatic carbocycles. The lowest BCUT2D eigenvalue weighted by Crippen LogP contribution is -2.23. The summed E-state index contributed by atoms with van der Waals surface area (Å²) in [5, 5.41) is 4.51. The first-order valence-corrected chi connectivity index (χ1v) is 10.4. The van der Waals surface area contributed by atoms with Crippen molar-refractivity contribution in [2.75, 3.05) is 0 Å². The van der Waals surface area contributed by atoms with Crippen molar-refractivity contribution in [1.82, 2.24) is 19.7 Å². The summed E-state index contributed by atoms with van der Waals surface area (Å²) < 4.78 is 1.99. The zero-order valence-electron chi connectivity index (χ0n) is 17.9. The smallest absolute Gasteiger partial charge is 0.0719 e. The van der Waals surface area contributed by atoms with Crippen LogP contribution >= 0.6 is 0 Å². The predicted molar refractivity (Wildman–Crippen MR) is 121 cm³/mol. The van der Waals surface area contributed by atoms with Crippen molar-refractivity contribution in [3.05, 3.63) is 113 Å². The molecule has 0 unspecified atom stereocenters. The highest BCUT2D eigenvalue weighted by Gasteiger charge is 2.15. The van der Waals surface area contributed by atoms with E-state index in [1.54, 1.807) is 0 Å². The molecular formula is C26H28N4. The first kappa shape index (κ1) is 20.0. The molecule has 0 saturated heterocycles. The van der Waals surface area contributed by atoms with E-state index >= 15 is 0 Å². The van der Waals surface area contributed by atoms with E-state index < -0.39 is 0 Å². The molecule has 0 saturated carbocycles. The third-order valence-electron chi connectivity index (χ3n) is 5.33. The van der Waals surface area contributed by atoms with Gasteiger partial charge in [-0.1, -0.05) is 47.5 Å².